The van der Waals surface area contributed by atoms with E-state index >= 15 is 0 Å². The quantitative estimate of drug-likeness (QED) is 0.857. The maximum atomic E-state index is 12.6. The zero-order chi connectivity index (χ0) is 20.1. The van der Waals surface area contributed by atoms with Crippen LogP contribution in [0.2, 0.25) is 0 Å². The van der Waals surface area contributed by atoms with Crippen molar-refractivity contribution in [1.29, 1.82) is 0 Å². The fourth-order valence-corrected chi connectivity index (χ4v) is 3.91. The molecule has 2 aliphatic rings. The largest absolute Gasteiger partial charge is 0.378 e. The molecule has 0 atom stereocenters. The molecule has 0 radical (unpaired) electrons. The summed E-state index contributed by atoms with van der Waals surface area (Å²) in [5, 5.41) is 7.10. The average molecular weight is 397 g/mol. The lowest BCUT2D eigenvalue weighted by Crippen LogP contribution is -2.42. The van der Waals surface area contributed by atoms with Gasteiger partial charge in [0.25, 0.3) is 0 Å². The molecule has 1 aromatic heterocycles. The Balaban J connectivity index is 1.25. The van der Waals surface area contributed by atoms with Gasteiger partial charge in [-0.15, -0.1) is 0 Å². The molecule has 0 aliphatic carbocycles. The minimum atomic E-state index is -0.115. The topological polar surface area (TPSA) is 79.7 Å². The number of aromatic nitrogens is 2. The number of morpholine rings is 1. The van der Waals surface area contributed by atoms with Crippen molar-refractivity contribution in [2.45, 2.75) is 25.3 Å². The smallest absolute Gasteiger partial charge is 0.321 e. The standard InChI is InChI=1S/C21H27N5O3/c27-20(24-10-12-29-13-11-24)16-26-15-19(14-22-26)23-21(28)25-8-6-18(7-9-25)17-4-2-1-3-5-17/h1-5,14-15,18H,6-13,16H2,(H,23,28). The Morgan fingerprint density at radius 3 is 2.48 bits per heavy atom. The van der Waals surface area contributed by atoms with E-state index in [1.165, 1.54) is 5.56 Å². The molecule has 0 spiro atoms. The van der Waals surface area contributed by atoms with Crippen LogP contribution in [0.3, 0.4) is 0 Å². The highest BCUT2D eigenvalue weighted by Crippen LogP contribution is 2.28. The van der Waals surface area contributed by atoms with Gasteiger partial charge in [0, 0.05) is 32.4 Å². The van der Waals surface area contributed by atoms with Gasteiger partial charge in [-0.3, -0.25) is 9.48 Å². The van der Waals surface area contributed by atoms with Crippen LogP contribution in [0.25, 0.3) is 0 Å². The number of nitrogens with zero attached hydrogens (tertiary/aromatic N) is 4. The maximum Gasteiger partial charge on any atom is 0.321 e. The number of rotatable bonds is 4. The fourth-order valence-electron chi connectivity index (χ4n) is 3.91. The Kier molecular flexibility index (Phi) is 6.09. The van der Waals surface area contributed by atoms with Crippen LogP contribution in [-0.4, -0.2) is 70.9 Å². The summed E-state index contributed by atoms with van der Waals surface area (Å²) in [4.78, 5) is 28.5. The lowest BCUT2D eigenvalue weighted by atomic mass is 9.90. The molecular weight excluding hydrogens is 370 g/mol. The normalized spacial score (nSPS) is 17.9. The highest BCUT2D eigenvalue weighted by atomic mass is 16.5. The van der Waals surface area contributed by atoms with E-state index in [4.69, 9.17) is 4.74 Å². The number of anilines is 1. The van der Waals surface area contributed by atoms with Crippen LogP contribution in [0.1, 0.15) is 24.3 Å². The molecule has 2 fully saturated rings. The van der Waals surface area contributed by atoms with Crippen molar-refractivity contribution < 1.29 is 14.3 Å². The second kappa shape index (κ2) is 9.09. The number of hydrogen-bond acceptors (Lipinski definition) is 4. The number of amides is 3. The van der Waals surface area contributed by atoms with Crippen molar-refractivity contribution in [2.75, 3.05) is 44.7 Å². The van der Waals surface area contributed by atoms with E-state index in [-0.39, 0.29) is 18.5 Å². The summed E-state index contributed by atoms with van der Waals surface area (Å²) in [6.45, 7) is 4.01. The molecule has 3 heterocycles. The van der Waals surface area contributed by atoms with Gasteiger partial charge < -0.3 is 19.9 Å². The first-order chi connectivity index (χ1) is 14.2. The molecule has 2 saturated heterocycles. The Morgan fingerprint density at radius 2 is 1.76 bits per heavy atom. The van der Waals surface area contributed by atoms with Crippen LogP contribution in [0.5, 0.6) is 0 Å². The number of likely N-dealkylation sites (tertiary alicyclic amines) is 1. The van der Waals surface area contributed by atoms with Gasteiger partial charge in [0.2, 0.25) is 5.91 Å². The molecule has 8 heteroatoms. The number of carbonyl (C=O) groups excluding carboxylic acids is 2. The van der Waals surface area contributed by atoms with Crippen molar-refractivity contribution in [3.05, 3.63) is 48.3 Å². The van der Waals surface area contributed by atoms with Gasteiger partial charge >= 0.3 is 6.03 Å². The molecule has 4 rings (SSSR count). The monoisotopic (exact) mass is 397 g/mol. The van der Waals surface area contributed by atoms with Crippen LogP contribution in [0, 0.1) is 0 Å². The van der Waals surface area contributed by atoms with E-state index < -0.39 is 0 Å². The fraction of sp³-hybridized carbons (Fsp3) is 0.476. The van der Waals surface area contributed by atoms with E-state index in [9.17, 15) is 9.59 Å². The third-order valence-corrected chi connectivity index (χ3v) is 5.60. The molecule has 0 bridgehead atoms. The maximum absolute atomic E-state index is 12.6. The predicted octanol–water partition coefficient (Wildman–Crippen LogP) is 2.15. The van der Waals surface area contributed by atoms with Gasteiger partial charge in [0.1, 0.15) is 6.54 Å². The summed E-state index contributed by atoms with van der Waals surface area (Å²) in [7, 11) is 0. The number of nitrogens with one attached hydrogen (secondary N) is 1. The lowest BCUT2D eigenvalue weighted by molar-refractivity contribution is -0.136. The zero-order valence-electron chi connectivity index (χ0n) is 16.5. The van der Waals surface area contributed by atoms with E-state index in [1.54, 1.807) is 22.0 Å². The van der Waals surface area contributed by atoms with Gasteiger partial charge in [-0.2, -0.15) is 5.10 Å². The molecule has 154 valence electrons. The van der Waals surface area contributed by atoms with Gasteiger partial charge in [0.05, 0.1) is 25.1 Å². The van der Waals surface area contributed by atoms with Crippen molar-refractivity contribution >= 4 is 17.6 Å². The van der Waals surface area contributed by atoms with Gasteiger partial charge in [-0.25, -0.2) is 4.79 Å². The first kappa shape index (κ1) is 19.4. The number of benzene rings is 1. The Bertz CT molecular complexity index is 824. The van der Waals surface area contributed by atoms with Crippen LogP contribution in [-0.2, 0) is 16.1 Å². The second-order valence-corrected chi connectivity index (χ2v) is 7.52. The Labute approximate surface area is 170 Å². The number of hydrogen-bond donors (Lipinski definition) is 1. The third kappa shape index (κ3) is 4.95. The number of ether oxygens (including phenoxy) is 1. The molecule has 0 unspecified atom stereocenters. The highest BCUT2D eigenvalue weighted by Gasteiger charge is 2.24. The van der Waals surface area contributed by atoms with Crippen LogP contribution in [0.15, 0.2) is 42.7 Å². The minimum Gasteiger partial charge on any atom is -0.378 e. The predicted molar refractivity (Wildman–Crippen MR) is 109 cm³/mol. The van der Waals surface area contributed by atoms with Gasteiger partial charge in [-0.1, -0.05) is 30.3 Å². The summed E-state index contributed by atoms with van der Waals surface area (Å²) in [6, 6.07) is 10.4. The molecule has 1 N–H and O–H groups in total. The minimum absolute atomic E-state index is 0.0114. The summed E-state index contributed by atoms with van der Waals surface area (Å²) in [6.07, 6.45) is 5.21. The summed E-state index contributed by atoms with van der Waals surface area (Å²) < 4.78 is 6.83. The average Bonchev–Trinajstić information content (AvgIpc) is 3.21. The summed E-state index contributed by atoms with van der Waals surface area (Å²) in [5.74, 6) is 0.520. The molecule has 0 saturated carbocycles. The summed E-state index contributed by atoms with van der Waals surface area (Å²) in [5.41, 5.74) is 1.95. The van der Waals surface area contributed by atoms with E-state index in [0.717, 1.165) is 25.9 Å². The molecule has 1 aromatic carbocycles. The zero-order valence-corrected chi connectivity index (χ0v) is 16.5. The number of urea groups is 1. The first-order valence-corrected chi connectivity index (χ1v) is 10.2. The van der Waals surface area contributed by atoms with Crippen molar-refractivity contribution in [1.82, 2.24) is 19.6 Å². The third-order valence-electron chi connectivity index (χ3n) is 5.60. The molecule has 8 nitrogen and oxygen atoms in total. The van der Waals surface area contributed by atoms with Crippen LogP contribution < -0.4 is 5.32 Å². The van der Waals surface area contributed by atoms with Crippen molar-refractivity contribution in [2.24, 2.45) is 0 Å². The lowest BCUT2D eigenvalue weighted by Gasteiger charge is -2.32. The molecule has 2 aromatic rings. The molecule has 3 amide bonds. The van der Waals surface area contributed by atoms with Crippen molar-refractivity contribution in [3.63, 3.8) is 0 Å². The van der Waals surface area contributed by atoms with Gasteiger partial charge in [0.15, 0.2) is 0 Å². The van der Waals surface area contributed by atoms with Crippen LogP contribution >= 0.6 is 0 Å². The highest BCUT2D eigenvalue weighted by molar-refractivity contribution is 5.89. The molecule has 2 aliphatic heterocycles. The number of carbonyl (C=O) groups is 2. The Hall–Kier alpha value is -2.87. The van der Waals surface area contributed by atoms with Gasteiger partial charge in [-0.05, 0) is 24.3 Å². The SMILES string of the molecule is O=C(Cn1cc(NC(=O)N2CCC(c3ccccc3)CC2)cn1)N1CCOCC1. The number of piperidine rings is 1. The van der Waals surface area contributed by atoms with E-state index in [0.29, 0.717) is 37.9 Å². The summed E-state index contributed by atoms with van der Waals surface area (Å²) >= 11 is 0. The van der Waals surface area contributed by atoms with E-state index in [1.807, 2.05) is 11.0 Å². The molecular formula is C21H27N5O3. The molecule has 29 heavy (non-hydrogen) atoms. The van der Waals surface area contributed by atoms with E-state index in [2.05, 4.69) is 34.7 Å². The van der Waals surface area contributed by atoms with Crippen LogP contribution in [0.4, 0.5) is 10.5 Å². The first-order valence-electron chi connectivity index (χ1n) is 10.2. The second-order valence-electron chi connectivity index (χ2n) is 7.52. The van der Waals surface area contributed by atoms with Crippen molar-refractivity contribution in [3.8, 4) is 0 Å². The Morgan fingerprint density at radius 1 is 1.03 bits per heavy atom.